The number of nitrogens with zero attached hydrogens (tertiary/aromatic N) is 2. The molecule has 2 heterocycles. The number of aliphatic hydroxyl groups is 1. The van der Waals surface area contributed by atoms with Gasteiger partial charge in [0.1, 0.15) is 5.82 Å². The van der Waals surface area contributed by atoms with Crippen LogP contribution in [0.15, 0.2) is 29.2 Å². The van der Waals surface area contributed by atoms with Crippen molar-refractivity contribution >= 4 is 11.7 Å². The number of carbonyl (C=O) groups excluding carboxylic acids is 1. The van der Waals surface area contributed by atoms with E-state index in [1.165, 1.54) is 68.6 Å². The zero-order valence-electron chi connectivity index (χ0n) is 20.8. The molecular formula is C26H43N3O5. The minimum Gasteiger partial charge on any atom is -0.391 e. The quantitative estimate of drug-likeness (QED) is 0.226. The molecule has 8 nitrogen and oxygen atoms in total. The van der Waals surface area contributed by atoms with Crippen molar-refractivity contribution < 1.29 is 19.4 Å². The molecule has 34 heavy (non-hydrogen) atoms. The number of hydrogen-bond acceptors (Lipinski definition) is 6. The molecule has 0 aliphatic carbocycles. The van der Waals surface area contributed by atoms with Crippen LogP contribution in [0.5, 0.6) is 0 Å². The minimum atomic E-state index is -0.735. The first-order chi connectivity index (χ1) is 16.6. The van der Waals surface area contributed by atoms with E-state index < -0.39 is 18.2 Å². The normalized spacial score (nSPS) is 18.1. The van der Waals surface area contributed by atoms with Crippen LogP contribution >= 0.6 is 0 Å². The summed E-state index contributed by atoms with van der Waals surface area (Å²) in [6.45, 7) is 2.14. The molecule has 0 unspecified atom stereocenters. The van der Waals surface area contributed by atoms with Gasteiger partial charge in [0.2, 0.25) is 5.91 Å². The number of carbonyl (C=O) groups is 1. The number of nitrogens with one attached hydrogen (secondary N) is 1. The van der Waals surface area contributed by atoms with Crippen molar-refractivity contribution in [2.24, 2.45) is 0 Å². The first kappa shape index (κ1) is 28.2. The van der Waals surface area contributed by atoms with E-state index in [9.17, 15) is 9.59 Å². The minimum absolute atomic E-state index is 0.149. The van der Waals surface area contributed by atoms with E-state index in [-0.39, 0.29) is 24.9 Å². The van der Waals surface area contributed by atoms with Crippen LogP contribution in [0.2, 0.25) is 0 Å². The topological polar surface area (TPSA) is 103 Å². The van der Waals surface area contributed by atoms with Crippen LogP contribution in [0, 0.1) is 0 Å². The van der Waals surface area contributed by atoms with Gasteiger partial charge in [-0.2, -0.15) is 4.98 Å². The number of amides is 1. The Morgan fingerprint density at radius 2 is 1.74 bits per heavy atom. The summed E-state index contributed by atoms with van der Waals surface area (Å²) >= 11 is 0. The molecule has 1 amide bonds. The number of aliphatic hydroxyl groups excluding tert-OH is 1. The second kappa shape index (κ2) is 17.4. The third-order valence-corrected chi connectivity index (χ3v) is 5.96. The van der Waals surface area contributed by atoms with E-state index in [4.69, 9.17) is 14.6 Å². The maximum atomic E-state index is 12.2. The Labute approximate surface area is 203 Å². The van der Waals surface area contributed by atoms with Gasteiger partial charge in [0.15, 0.2) is 12.5 Å². The summed E-state index contributed by atoms with van der Waals surface area (Å²) in [6.07, 6.45) is 21.1. The van der Waals surface area contributed by atoms with E-state index in [0.29, 0.717) is 6.42 Å². The number of aromatic nitrogens is 2. The van der Waals surface area contributed by atoms with Crippen molar-refractivity contribution in [2.75, 3.05) is 18.5 Å². The summed E-state index contributed by atoms with van der Waals surface area (Å²) in [5, 5.41) is 11.7. The molecule has 1 aromatic rings. The lowest BCUT2D eigenvalue weighted by atomic mass is 10.1. The number of unbranched alkanes of at least 4 members (excludes halogenated alkanes) is 11. The fourth-order valence-electron chi connectivity index (χ4n) is 3.95. The second-order valence-corrected chi connectivity index (χ2v) is 8.92. The first-order valence-corrected chi connectivity index (χ1v) is 13.1. The van der Waals surface area contributed by atoms with Gasteiger partial charge >= 0.3 is 5.69 Å². The van der Waals surface area contributed by atoms with Crippen molar-refractivity contribution in [1.29, 1.82) is 0 Å². The molecule has 0 radical (unpaired) electrons. The van der Waals surface area contributed by atoms with Crippen LogP contribution in [-0.2, 0) is 14.3 Å². The highest BCUT2D eigenvalue weighted by atomic mass is 16.7. The van der Waals surface area contributed by atoms with Gasteiger partial charge in [0.25, 0.3) is 0 Å². The lowest BCUT2D eigenvalue weighted by Crippen LogP contribution is -2.29. The SMILES string of the molecule is CCCCCCCCCCCC=CCCCCC(=O)Nc1ccn([C@@H]2CO[C@H](CO)O2)c(=O)n1. The molecule has 2 rings (SSSR count). The number of hydrogen-bond donors (Lipinski definition) is 2. The van der Waals surface area contributed by atoms with Gasteiger partial charge < -0.3 is 19.9 Å². The summed E-state index contributed by atoms with van der Waals surface area (Å²) in [4.78, 5) is 28.2. The zero-order valence-corrected chi connectivity index (χ0v) is 20.8. The van der Waals surface area contributed by atoms with E-state index in [1.807, 2.05) is 0 Å². The Hall–Kier alpha value is -2.03. The van der Waals surface area contributed by atoms with Crippen LogP contribution < -0.4 is 11.0 Å². The highest BCUT2D eigenvalue weighted by Gasteiger charge is 2.27. The molecule has 0 spiro atoms. The van der Waals surface area contributed by atoms with Crippen LogP contribution in [-0.4, -0.2) is 40.1 Å². The Balaban J connectivity index is 1.49. The van der Waals surface area contributed by atoms with Gasteiger partial charge in [0.05, 0.1) is 13.2 Å². The third-order valence-electron chi connectivity index (χ3n) is 5.96. The van der Waals surface area contributed by atoms with Crippen molar-refractivity contribution in [1.82, 2.24) is 9.55 Å². The Kier molecular flexibility index (Phi) is 14.4. The smallest absolute Gasteiger partial charge is 0.351 e. The van der Waals surface area contributed by atoms with Gasteiger partial charge in [-0.25, -0.2) is 4.79 Å². The van der Waals surface area contributed by atoms with Crippen molar-refractivity contribution in [3.8, 4) is 0 Å². The highest BCUT2D eigenvalue weighted by molar-refractivity contribution is 5.89. The Morgan fingerprint density at radius 1 is 1.09 bits per heavy atom. The molecule has 0 aromatic carbocycles. The van der Waals surface area contributed by atoms with Crippen molar-refractivity contribution in [3.63, 3.8) is 0 Å². The van der Waals surface area contributed by atoms with Crippen LogP contribution in [0.3, 0.4) is 0 Å². The van der Waals surface area contributed by atoms with E-state index in [0.717, 1.165) is 25.7 Å². The largest absolute Gasteiger partial charge is 0.391 e. The molecule has 1 aliphatic heterocycles. The predicted octanol–water partition coefficient (Wildman–Crippen LogP) is 5.08. The summed E-state index contributed by atoms with van der Waals surface area (Å²) in [6, 6.07) is 1.56. The lowest BCUT2D eigenvalue weighted by molar-refractivity contribution is -0.116. The van der Waals surface area contributed by atoms with E-state index in [2.05, 4.69) is 29.4 Å². The van der Waals surface area contributed by atoms with E-state index >= 15 is 0 Å². The lowest BCUT2D eigenvalue weighted by Gasteiger charge is -2.12. The van der Waals surface area contributed by atoms with Gasteiger partial charge in [-0.15, -0.1) is 0 Å². The molecule has 1 aliphatic rings. The van der Waals surface area contributed by atoms with E-state index in [1.54, 1.807) is 6.07 Å². The van der Waals surface area contributed by atoms with Crippen LogP contribution in [0.1, 0.15) is 103 Å². The third kappa shape index (κ3) is 11.4. The molecule has 2 N–H and O–H groups in total. The molecule has 0 saturated carbocycles. The fraction of sp³-hybridized carbons (Fsp3) is 0.731. The van der Waals surface area contributed by atoms with Crippen LogP contribution in [0.25, 0.3) is 0 Å². The van der Waals surface area contributed by atoms with Gasteiger partial charge in [0, 0.05) is 12.6 Å². The maximum absolute atomic E-state index is 12.2. The average Bonchev–Trinajstić information content (AvgIpc) is 3.30. The Morgan fingerprint density at radius 3 is 2.35 bits per heavy atom. The Bertz CT molecular complexity index is 780. The standard InChI is InChI=1S/C26H43N3O5/c1-2-3-4-5-6-7-8-9-10-11-12-13-14-15-16-17-23(31)27-22-18-19-29(26(32)28-22)24-21-33-25(20-30)34-24/h12-13,18-19,24-25,30H,2-11,14-17,20-21H2,1H3,(H,27,28,31,32)/t24-,25-/m0/s1. The number of anilines is 1. The second-order valence-electron chi connectivity index (χ2n) is 8.92. The summed E-state index contributed by atoms with van der Waals surface area (Å²) < 4.78 is 11.9. The van der Waals surface area contributed by atoms with Gasteiger partial charge in [-0.1, -0.05) is 70.4 Å². The molecule has 1 saturated heterocycles. The summed E-state index contributed by atoms with van der Waals surface area (Å²) in [5.74, 6) is 0.0776. The predicted molar refractivity (Wildman–Crippen MR) is 134 cm³/mol. The zero-order chi connectivity index (χ0) is 24.4. The van der Waals surface area contributed by atoms with Crippen molar-refractivity contribution in [3.05, 3.63) is 34.9 Å². The molecule has 1 fully saturated rings. The number of ether oxygens (including phenoxy) is 2. The van der Waals surface area contributed by atoms with Crippen molar-refractivity contribution in [2.45, 2.75) is 109 Å². The molecule has 2 atom stereocenters. The van der Waals surface area contributed by atoms with Crippen LogP contribution in [0.4, 0.5) is 5.82 Å². The highest BCUT2D eigenvalue weighted by Crippen LogP contribution is 2.19. The molecular weight excluding hydrogens is 434 g/mol. The molecule has 0 bridgehead atoms. The van der Waals surface area contributed by atoms with Gasteiger partial charge in [-0.05, 0) is 38.2 Å². The van der Waals surface area contributed by atoms with Gasteiger partial charge in [-0.3, -0.25) is 9.36 Å². The molecule has 192 valence electrons. The first-order valence-electron chi connectivity index (χ1n) is 13.1. The monoisotopic (exact) mass is 477 g/mol. The average molecular weight is 478 g/mol. The maximum Gasteiger partial charge on any atom is 0.351 e. The summed E-state index contributed by atoms with van der Waals surface area (Å²) in [7, 11) is 0. The number of rotatable bonds is 18. The number of allylic oxidation sites excluding steroid dienone is 2. The molecule has 8 heteroatoms. The summed E-state index contributed by atoms with van der Waals surface area (Å²) in [5.41, 5.74) is -0.540. The fourth-order valence-corrected chi connectivity index (χ4v) is 3.95. The molecule has 1 aromatic heterocycles.